The first-order valence-corrected chi connectivity index (χ1v) is 6.93. The Balaban J connectivity index is 1.71. The quantitative estimate of drug-likeness (QED) is 0.823. The molecule has 4 rings (SSSR count). The zero-order chi connectivity index (χ0) is 12.8. The summed E-state index contributed by atoms with van der Waals surface area (Å²) in [5.74, 6) is 1.74. The minimum atomic E-state index is 0.639. The molecule has 2 heterocycles. The lowest BCUT2D eigenvalue weighted by molar-refractivity contribution is 0.543. The molecule has 0 spiro atoms. The van der Waals surface area contributed by atoms with Crippen molar-refractivity contribution in [3.8, 4) is 5.69 Å². The van der Waals surface area contributed by atoms with Crippen LogP contribution in [0.5, 0.6) is 0 Å². The van der Waals surface area contributed by atoms with Gasteiger partial charge in [-0.2, -0.15) is 4.68 Å². The average molecular weight is 255 g/mol. The van der Waals surface area contributed by atoms with Crippen LogP contribution in [0.3, 0.4) is 0 Å². The lowest BCUT2D eigenvalue weighted by atomic mass is 10.1. The number of hydrogen-bond acceptors (Lipinski definition) is 4. The molecule has 0 N–H and O–H groups in total. The van der Waals surface area contributed by atoms with Crippen LogP contribution in [0.2, 0.25) is 0 Å². The molecule has 19 heavy (non-hydrogen) atoms. The molecule has 1 aliphatic carbocycles. The second-order valence-electron chi connectivity index (χ2n) is 5.71. The van der Waals surface area contributed by atoms with Crippen molar-refractivity contribution in [2.75, 3.05) is 11.4 Å². The topological polar surface area (TPSA) is 46.8 Å². The van der Waals surface area contributed by atoms with Crippen LogP contribution in [0.25, 0.3) is 5.69 Å². The fourth-order valence-electron chi connectivity index (χ4n) is 3.38. The maximum Gasteiger partial charge on any atom is 0.250 e. The summed E-state index contributed by atoms with van der Waals surface area (Å²) in [6, 6.07) is 8.97. The molecule has 5 nitrogen and oxygen atoms in total. The number of fused-ring (bicyclic) bond motifs is 2. The number of rotatable bonds is 2. The lowest BCUT2D eigenvalue weighted by Gasteiger charge is -2.27. The van der Waals surface area contributed by atoms with Gasteiger partial charge in [0.1, 0.15) is 0 Å². The van der Waals surface area contributed by atoms with Crippen molar-refractivity contribution in [3.63, 3.8) is 0 Å². The van der Waals surface area contributed by atoms with Crippen LogP contribution in [-0.2, 0) is 0 Å². The van der Waals surface area contributed by atoms with Gasteiger partial charge in [-0.25, -0.2) is 0 Å². The van der Waals surface area contributed by atoms with Gasteiger partial charge < -0.3 is 4.90 Å². The Bertz CT molecular complexity index is 588. The molecular formula is C14H17N5. The summed E-state index contributed by atoms with van der Waals surface area (Å²) >= 11 is 0. The zero-order valence-corrected chi connectivity index (χ0v) is 11.0. The lowest BCUT2D eigenvalue weighted by Crippen LogP contribution is -2.34. The van der Waals surface area contributed by atoms with Crippen molar-refractivity contribution < 1.29 is 0 Å². The largest absolute Gasteiger partial charge is 0.336 e. The monoisotopic (exact) mass is 255 g/mol. The van der Waals surface area contributed by atoms with Crippen molar-refractivity contribution >= 4 is 5.95 Å². The van der Waals surface area contributed by atoms with Gasteiger partial charge in [-0.05, 0) is 54.7 Å². The van der Waals surface area contributed by atoms with Gasteiger partial charge in [0.2, 0.25) is 0 Å². The van der Waals surface area contributed by atoms with E-state index in [2.05, 4.69) is 51.6 Å². The zero-order valence-electron chi connectivity index (χ0n) is 11.0. The number of piperidine rings is 1. The Morgan fingerprint density at radius 2 is 2.00 bits per heavy atom. The molecule has 1 saturated heterocycles. The highest BCUT2D eigenvalue weighted by Gasteiger charge is 2.40. The maximum absolute atomic E-state index is 4.24. The predicted octanol–water partition coefficient (Wildman–Crippen LogP) is 1.96. The van der Waals surface area contributed by atoms with Crippen molar-refractivity contribution in [1.82, 2.24) is 20.2 Å². The molecule has 5 heteroatoms. The highest BCUT2D eigenvalue weighted by molar-refractivity contribution is 5.43. The summed E-state index contributed by atoms with van der Waals surface area (Å²) in [6.07, 6.45) is 3.96. The van der Waals surface area contributed by atoms with E-state index >= 15 is 0 Å². The molecule has 0 amide bonds. The molecular weight excluding hydrogens is 238 g/mol. The predicted molar refractivity (Wildman–Crippen MR) is 72.4 cm³/mol. The van der Waals surface area contributed by atoms with Gasteiger partial charge in [-0.3, -0.25) is 0 Å². The third-order valence-corrected chi connectivity index (χ3v) is 4.40. The molecule has 1 saturated carbocycles. The van der Waals surface area contributed by atoms with Crippen LogP contribution < -0.4 is 4.90 Å². The van der Waals surface area contributed by atoms with Crippen LogP contribution in [-0.4, -0.2) is 32.8 Å². The smallest absolute Gasteiger partial charge is 0.250 e. The van der Waals surface area contributed by atoms with Gasteiger partial charge in [0.25, 0.3) is 5.95 Å². The molecule has 0 unspecified atom stereocenters. The SMILES string of the molecule is Cc1ccc(-n2nnnc2N2C[C@@H]3CC[C@@H]2C3)cc1. The summed E-state index contributed by atoms with van der Waals surface area (Å²) in [6.45, 7) is 3.20. The van der Waals surface area contributed by atoms with E-state index in [0.717, 1.165) is 24.1 Å². The first-order valence-electron chi connectivity index (χ1n) is 6.93. The van der Waals surface area contributed by atoms with E-state index in [1.807, 2.05) is 4.68 Å². The number of tetrazole rings is 1. The molecule has 98 valence electrons. The molecule has 2 fully saturated rings. The van der Waals surface area contributed by atoms with Crippen LogP contribution in [0.15, 0.2) is 24.3 Å². The number of anilines is 1. The van der Waals surface area contributed by atoms with Crippen molar-refractivity contribution in [1.29, 1.82) is 0 Å². The van der Waals surface area contributed by atoms with Gasteiger partial charge in [-0.1, -0.05) is 22.8 Å². The van der Waals surface area contributed by atoms with E-state index in [9.17, 15) is 0 Å². The standard InChI is InChI=1S/C14H17N5/c1-10-2-5-12(6-3-10)19-14(15-16-17-19)18-9-11-4-7-13(18)8-11/h2-3,5-6,11,13H,4,7-9H2,1H3/t11-,13-/m1/s1. The number of hydrogen-bond donors (Lipinski definition) is 0. The summed E-state index contributed by atoms with van der Waals surface area (Å²) in [5.41, 5.74) is 2.28. The van der Waals surface area contributed by atoms with E-state index in [0.29, 0.717) is 6.04 Å². The maximum atomic E-state index is 4.24. The average Bonchev–Trinajstić information content (AvgIpc) is 3.15. The van der Waals surface area contributed by atoms with Gasteiger partial charge in [0.05, 0.1) is 5.69 Å². The highest BCUT2D eigenvalue weighted by atomic mass is 15.6. The van der Waals surface area contributed by atoms with E-state index in [1.54, 1.807) is 0 Å². The van der Waals surface area contributed by atoms with Crippen molar-refractivity contribution in [2.45, 2.75) is 32.2 Å². The van der Waals surface area contributed by atoms with Crippen LogP contribution in [0.4, 0.5) is 5.95 Å². The van der Waals surface area contributed by atoms with E-state index in [4.69, 9.17) is 0 Å². The number of nitrogens with zero attached hydrogens (tertiary/aromatic N) is 5. The van der Waals surface area contributed by atoms with Crippen molar-refractivity contribution in [2.24, 2.45) is 5.92 Å². The fourth-order valence-corrected chi connectivity index (χ4v) is 3.38. The minimum Gasteiger partial charge on any atom is -0.336 e. The Hall–Kier alpha value is -1.91. The number of aryl methyl sites for hydroxylation is 1. The van der Waals surface area contributed by atoms with Crippen molar-refractivity contribution in [3.05, 3.63) is 29.8 Å². The molecule has 0 radical (unpaired) electrons. The van der Waals surface area contributed by atoms with E-state index in [1.165, 1.54) is 24.8 Å². The normalized spacial score (nSPS) is 25.2. The van der Waals surface area contributed by atoms with Crippen LogP contribution in [0, 0.1) is 12.8 Å². The van der Waals surface area contributed by atoms with Gasteiger partial charge in [0, 0.05) is 12.6 Å². The number of benzene rings is 1. The first-order chi connectivity index (χ1) is 9.31. The van der Waals surface area contributed by atoms with Gasteiger partial charge in [0.15, 0.2) is 0 Å². The highest BCUT2D eigenvalue weighted by Crippen LogP contribution is 2.39. The second kappa shape index (κ2) is 4.05. The molecule has 2 aromatic rings. The van der Waals surface area contributed by atoms with Gasteiger partial charge >= 0.3 is 0 Å². The fraction of sp³-hybridized carbons (Fsp3) is 0.500. The molecule has 1 aromatic carbocycles. The Morgan fingerprint density at radius 1 is 1.16 bits per heavy atom. The molecule has 2 aliphatic rings. The summed E-state index contributed by atoms with van der Waals surface area (Å²) in [4.78, 5) is 2.38. The Kier molecular flexibility index (Phi) is 2.33. The molecule has 1 aliphatic heterocycles. The minimum absolute atomic E-state index is 0.639. The summed E-state index contributed by atoms with van der Waals surface area (Å²) in [7, 11) is 0. The molecule has 2 atom stereocenters. The van der Waals surface area contributed by atoms with Crippen LogP contribution >= 0.6 is 0 Å². The second-order valence-corrected chi connectivity index (χ2v) is 5.71. The van der Waals surface area contributed by atoms with Crippen LogP contribution in [0.1, 0.15) is 24.8 Å². The number of aromatic nitrogens is 4. The van der Waals surface area contributed by atoms with E-state index in [-0.39, 0.29) is 0 Å². The summed E-state index contributed by atoms with van der Waals surface area (Å²) in [5, 5.41) is 12.3. The van der Waals surface area contributed by atoms with Gasteiger partial charge in [-0.15, -0.1) is 0 Å². The first kappa shape index (κ1) is 11.0. The summed E-state index contributed by atoms with van der Waals surface area (Å²) < 4.78 is 1.86. The molecule has 1 aromatic heterocycles. The third-order valence-electron chi connectivity index (χ3n) is 4.40. The van der Waals surface area contributed by atoms with E-state index < -0.39 is 0 Å². The Labute approximate surface area is 112 Å². The third kappa shape index (κ3) is 1.72. The molecule has 2 bridgehead atoms. The Morgan fingerprint density at radius 3 is 2.68 bits per heavy atom.